The topological polar surface area (TPSA) is 103 Å². The predicted molar refractivity (Wildman–Crippen MR) is 60.1 cm³/mol. The van der Waals surface area contributed by atoms with E-state index in [4.69, 9.17) is 5.84 Å². The molecule has 0 aliphatic rings. The van der Waals surface area contributed by atoms with E-state index in [1.54, 1.807) is 24.9 Å². The van der Waals surface area contributed by atoms with Crippen LogP contribution in [-0.2, 0) is 23.3 Å². The van der Waals surface area contributed by atoms with E-state index in [9.17, 15) is 8.42 Å². The highest BCUT2D eigenvalue weighted by Gasteiger charge is 2.25. The van der Waals surface area contributed by atoms with Gasteiger partial charge in [0.05, 0.1) is 10.9 Å². The zero-order valence-electron chi connectivity index (χ0n) is 9.58. The fourth-order valence-corrected chi connectivity index (χ4v) is 2.14. The van der Waals surface area contributed by atoms with E-state index < -0.39 is 15.1 Å². The van der Waals surface area contributed by atoms with Gasteiger partial charge in [0.15, 0.2) is 9.84 Å². The van der Waals surface area contributed by atoms with Gasteiger partial charge < -0.3 is 0 Å². The number of rotatable bonds is 5. The summed E-state index contributed by atoms with van der Waals surface area (Å²) in [6.45, 7) is 1.62. The minimum atomic E-state index is -3.12. The van der Waals surface area contributed by atoms with Crippen LogP contribution >= 0.6 is 0 Å². The van der Waals surface area contributed by atoms with Gasteiger partial charge in [0, 0.05) is 32.0 Å². The van der Waals surface area contributed by atoms with Crippen LogP contribution in [0, 0.1) is 0 Å². The van der Waals surface area contributed by atoms with Crippen molar-refractivity contribution in [2.45, 2.75) is 24.6 Å². The molecule has 0 saturated carbocycles. The third-order valence-corrected chi connectivity index (χ3v) is 4.21. The largest absolute Gasteiger partial charge is 0.271 e. The van der Waals surface area contributed by atoms with Crippen LogP contribution in [0.4, 0.5) is 0 Å². The number of nitrogens with one attached hydrogen (secondary N) is 1. The summed E-state index contributed by atoms with van der Waals surface area (Å²) in [5.74, 6) is 5.36. The van der Waals surface area contributed by atoms with Crippen molar-refractivity contribution in [3.05, 3.63) is 11.9 Å². The van der Waals surface area contributed by atoms with Crippen LogP contribution in [0.1, 0.15) is 12.6 Å². The summed E-state index contributed by atoms with van der Waals surface area (Å²) < 4.78 is 24.3. The average Bonchev–Trinajstić information content (AvgIpc) is 2.58. The Labute approximate surface area is 94.9 Å². The van der Waals surface area contributed by atoms with Gasteiger partial charge in [-0.2, -0.15) is 0 Å². The molecule has 1 aromatic heterocycles. The maximum atomic E-state index is 11.4. The molecule has 2 unspecified atom stereocenters. The van der Waals surface area contributed by atoms with E-state index in [0.29, 0.717) is 12.1 Å². The zero-order valence-corrected chi connectivity index (χ0v) is 10.4. The van der Waals surface area contributed by atoms with Gasteiger partial charge in [0.2, 0.25) is 0 Å². The lowest BCUT2D eigenvalue weighted by atomic mass is 10.1. The molecule has 16 heavy (non-hydrogen) atoms. The summed E-state index contributed by atoms with van der Waals surface area (Å²) >= 11 is 0. The summed E-state index contributed by atoms with van der Waals surface area (Å²) in [7, 11) is -1.37. The molecule has 1 aromatic rings. The molecule has 0 bridgehead atoms. The summed E-state index contributed by atoms with van der Waals surface area (Å²) in [5.41, 5.74) is 3.22. The van der Waals surface area contributed by atoms with Crippen LogP contribution in [0.2, 0.25) is 0 Å². The van der Waals surface area contributed by atoms with Crippen molar-refractivity contribution in [3.8, 4) is 0 Å². The first kappa shape index (κ1) is 13.1. The van der Waals surface area contributed by atoms with E-state index >= 15 is 0 Å². The van der Waals surface area contributed by atoms with E-state index in [1.165, 1.54) is 6.26 Å². The van der Waals surface area contributed by atoms with Crippen molar-refractivity contribution in [3.63, 3.8) is 0 Å². The lowest BCUT2D eigenvalue weighted by Crippen LogP contribution is -2.47. The van der Waals surface area contributed by atoms with Crippen LogP contribution in [0.25, 0.3) is 0 Å². The van der Waals surface area contributed by atoms with Crippen LogP contribution < -0.4 is 11.3 Å². The molecule has 0 fully saturated rings. The number of nitrogens with two attached hydrogens (primary N) is 1. The van der Waals surface area contributed by atoms with Crippen molar-refractivity contribution in [1.82, 2.24) is 20.4 Å². The highest BCUT2D eigenvalue weighted by atomic mass is 32.2. The number of hydrazine groups is 1. The standard InChI is InChI=1S/C8H17N5O2S/c1-6(16(3,14)15)8(10-9)4-7-5-13(2)12-11-7/h5-6,8,10H,4,9H2,1-3H3. The molecule has 7 nitrogen and oxygen atoms in total. The molecule has 0 saturated heterocycles. The number of sulfone groups is 1. The second-order valence-electron chi connectivity index (χ2n) is 3.90. The van der Waals surface area contributed by atoms with E-state index in [2.05, 4.69) is 15.7 Å². The third-order valence-electron chi connectivity index (χ3n) is 2.54. The molecule has 0 spiro atoms. The summed E-state index contributed by atoms with van der Waals surface area (Å²) in [6, 6.07) is -0.369. The third kappa shape index (κ3) is 3.26. The molecule has 8 heteroatoms. The Hall–Kier alpha value is -0.990. The van der Waals surface area contributed by atoms with E-state index in [0.717, 1.165) is 0 Å². The molecular weight excluding hydrogens is 230 g/mol. The second-order valence-corrected chi connectivity index (χ2v) is 6.30. The SMILES string of the molecule is CC(C(Cc1cn(C)nn1)NN)S(C)(=O)=O. The Morgan fingerprint density at radius 1 is 1.62 bits per heavy atom. The number of aryl methyl sites for hydroxylation is 1. The Bertz CT molecular complexity index is 441. The molecule has 1 rings (SSSR count). The smallest absolute Gasteiger partial charge is 0.151 e. The molecule has 3 N–H and O–H groups in total. The maximum absolute atomic E-state index is 11.4. The Kier molecular flexibility index (Phi) is 4.00. The first-order valence-corrected chi connectivity index (χ1v) is 6.80. The minimum absolute atomic E-state index is 0.369. The van der Waals surface area contributed by atoms with Crippen LogP contribution in [0.15, 0.2) is 6.20 Å². The van der Waals surface area contributed by atoms with Crippen LogP contribution in [0.3, 0.4) is 0 Å². The van der Waals surface area contributed by atoms with Crippen molar-refractivity contribution >= 4 is 9.84 Å². The quantitative estimate of drug-likeness (QED) is 0.491. The number of aromatic nitrogens is 3. The van der Waals surface area contributed by atoms with Gasteiger partial charge >= 0.3 is 0 Å². The van der Waals surface area contributed by atoms with Crippen LogP contribution in [-0.4, -0.2) is 41.0 Å². The van der Waals surface area contributed by atoms with E-state index in [-0.39, 0.29) is 6.04 Å². The molecule has 0 radical (unpaired) electrons. The summed E-state index contributed by atoms with van der Waals surface area (Å²) in [6.07, 6.45) is 3.36. The van der Waals surface area contributed by atoms with Gasteiger partial charge in [-0.15, -0.1) is 5.10 Å². The van der Waals surface area contributed by atoms with Crippen molar-refractivity contribution in [2.24, 2.45) is 12.9 Å². The Morgan fingerprint density at radius 3 is 2.62 bits per heavy atom. The summed E-state index contributed by atoms with van der Waals surface area (Å²) in [4.78, 5) is 0. The highest BCUT2D eigenvalue weighted by Crippen LogP contribution is 2.08. The van der Waals surface area contributed by atoms with Crippen molar-refractivity contribution in [2.75, 3.05) is 6.26 Å². The number of hydrogen-bond acceptors (Lipinski definition) is 6. The fraction of sp³-hybridized carbons (Fsp3) is 0.750. The first-order valence-electron chi connectivity index (χ1n) is 4.84. The minimum Gasteiger partial charge on any atom is -0.271 e. The summed E-state index contributed by atoms with van der Waals surface area (Å²) in [5, 5.41) is 7.09. The average molecular weight is 247 g/mol. The van der Waals surface area contributed by atoms with E-state index in [1.807, 2.05) is 0 Å². The predicted octanol–water partition coefficient (Wildman–Crippen LogP) is -1.38. The molecule has 0 aromatic carbocycles. The molecule has 0 aliphatic carbocycles. The van der Waals surface area contributed by atoms with Crippen LogP contribution in [0.5, 0.6) is 0 Å². The number of hydrogen-bond donors (Lipinski definition) is 2. The monoisotopic (exact) mass is 247 g/mol. The van der Waals surface area contributed by atoms with Crippen molar-refractivity contribution < 1.29 is 8.42 Å². The lowest BCUT2D eigenvalue weighted by molar-refractivity contribution is 0.490. The lowest BCUT2D eigenvalue weighted by Gasteiger charge is -2.20. The number of nitrogens with zero attached hydrogens (tertiary/aromatic N) is 3. The molecule has 1 heterocycles. The second kappa shape index (κ2) is 4.89. The fourth-order valence-electron chi connectivity index (χ4n) is 1.37. The van der Waals surface area contributed by atoms with Gasteiger partial charge in [-0.1, -0.05) is 5.21 Å². The molecule has 92 valence electrons. The Morgan fingerprint density at radius 2 is 2.25 bits per heavy atom. The first-order chi connectivity index (χ1) is 7.34. The van der Waals surface area contributed by atoms with Gasteiger partial charge in [-0.25, -0.2) is 8.42 Å². The molecule has 2 atom stereocenters. The van der Waals surface area contributed by atoms with Gasteiger partial charge in [-0.05, 0) is 6.92 Å². The van der Waals surface area contributed by atoms with Gasteiger partial charge in [0.25, 0.3) is 0 Å². The van der Waals surface area contributed by atoms with Gasteiger partial charge in [-0.3, -0.25) is 16.0 Å². The maximum Gasteiger partial charge on any atom is 0.151 e. The molecular formula is C8H17N5O2S. The highest BCUT2D eigenvalue weighted by molar-refractivity contribution is 7.91. The van der Waals surface area contributed by atoms with Gasteiger partial charge in [0.1, 0.15) is 0 Å². The molecule has 0 amide bonds. The normalized spacial score (nSPS) is 16.0. The zero-order chi connectivity index (χ0) is 12.3. The Balaban J connectivity index is 2.77. The van der Waals surface area contributed by atoms with Crippen molar-refractivity contribution in [1.29, 1.82) is 0 Å². The molecule has 0 aliphatic heterocycles.